The lowest BCUT2D eigenvalue weighted by Gasteiger charge is -2.31. The molecule has 0 aromatic heterocycles. The fourth-order valence-corrected chi connectivity index (χ4v) is 7.94. The highest BCUT2D eigenvalue weighted by Crippen LogP contribution is 2.38. The van der Waals surface area contributed by atoms with E-state index in [-0.39, 0.29) is 17.0 Å². The second-order valence-corrected chi connectivity index (χ2v) is 15.9. The van der Waals surface area contributed by atoms with Crippen LogP contribution in [-0.4, -0.2) is 41.7 Å². The summed E-state index contributed by atoms with van der Waals surface area (Å²) in [6.45, 7) is 16.7. The molecule has 0 aliphatic rings. The molecule has 258 valence electrons. The third-order valence-corrected chi connectivity index (χ3v) is 10.5. The van der Waals surface area contributed by atoms with Crippen LogP contribution in [0.4, 0.5) is 5.69 Å². The normalized spacial score (nSPS) is 11.9. The standard InChI is InChI=1S/C40H49Cl3N3S.BrH/c1-27-15-28(2)19-33(18-27)24-45(13-9-10-14-46(7,8)25-34-20-29(3)16-30(4)21-34)40(44-37-12-11-36(41)38(42)39(37)43)47-26-35-22-31(5)17-32(6)23-35;/h11-12,15-23H,9-10,13-14,24-26H2,1-8H3;1H/q+1;/p-1. The van der Waals surface area contributed by atoms with Gasteiger partial charge in [-0.25, -0.2) is 4.99 Å². The van der Waals surface area contributed by atoms with E-state index in [9.17, 15) is 0 Å². The Morgan fingerprint density at radius 1 is 0.667 bits per heavy atom. The average molecular weight is 790 g/mol. The molecule has 0 fully saturated rings. The van der Waals surface area contributed by atoms with Crippen LogP contribution in [0.1, 0.15) is 62.9 Å². The van der Waals surface area contributed by atoms with E-state index < -0.39 is 0 Å². The molecule has 0 aliphatic heterocycles. The number of unbranched alkanes of at least 4 members (excludes halogenated alkanes) is 1. The molecule has 0 bridgehead atoms. The number of aliphatic imine (C=N–C) groups is 1. The molecular weight excluding hydrogens is 741 g/mol. The number of nitrogens with zero attached hydrogens (tertiary/aromatic N) is 3. The maximum atomic E-state index is 6.72. The van der Waals surface area contributed by atoms with Crippen molar-refractivity contribution in [2.75, 3.05) is 27.2 Å². The van der Waals surface area contributed by atoms with Crippen LogP contribution < -0.4 is 17.0 Å². The van der Waals surface area contributed by atoms with Gasteiger partial charge in [-0.15, -0.1) is 0 Å². The lowest BCUT2D eigenvalue weighted by Crippen LogP contribution is -3.00. The molecule has 4 aromatic rings. The Kier molecular flexibility index (Phi) is 15.4. The summed E-state index contributed by atoms with van der Waals surface area (Å²) >= 11 is 21.2. The number of aryl methyl sites for hydroxylation is 6. The van der Waals surface area contributed by atoms with Crippen molar-refractivity contribution in [1.29, 1.82) is 0 Å². The molecule has 0 unspecified atom stereocenters. The monoisotopic (exact) mass is 787 g/mol. The molecule has 0 aliphatic carbocycles. The summed E-state index contributed by atoms with van der Waals surface area (Å²) in [5.41, 5.74) is 12.3. The van der Waals surface area contributed by atoms with E-state index in [1.807, 2.05) is 6.07 Å². The Morgan fingerprint density at radius 2 is 1.17 bits per heavy atom. The number of hydrogen-bond acceptors (Lipinski definition) is 2. The molecule has 0 spiro atoms. The van der Waals surface area contributed by atoms with Crippen LogP contribution in [0.5, 0.6) is 0 Å². The van der Waals surface area contributed by atoms with Crippen molar-refractivity contribution in [3.63, 3.8) is 0 Å². The van der Waals surface area contributed by atoms with Crippen LogP contribution in [0.25, 0.3) is 0 Å². The fourth-order valence-electron chi connectivity index (χ4n) is 6.40. The third-order valence-electron chi connectivity index (χ3n) is 8.14. The van der Waals surface area contributed by atoms with Gasteiger partial charge in [-0.2, -0.15) is 0 Å². The molecule has 0 radical (unpaired) electrons. The lowest BCUT2D eigenvalue weighted by molar-refractivity contribution is -0.903. The summed E-state index contributed by atoms with van der Waals surface area (Å²) in [7, 11) is 4.67. The van der Waals surface area contributed by atoms with Gasteiger partial charge >= 0.3 is 0 Å². The van der Waals surface area contributed by atoms with Gasteiger partial charge in [0.25, 0.3) is 0 Å². The van der Waals surface area contributed by atoms with Crippen molar-refractivity contribution >= 4 is 57.4 Å². The van der Waals surface area contributed by atoms with Crippen LogP contribution in [0.3, 0.4) is 0 Å². The van der Waals surface area contributed by atoms with E-state index in [0.29, 0.717) is 20.8 Å². The predicted octanol–water partition coefficient (Wildman–Crippen LogP) is 8.98. The zero-order valence-electron chi connectivity index (χ0n) is 29.6. The van der Waals surface area contributed by atoms with E-state index in [2.05, 4.69) is 115 Å². The molecular formula is C40H49BrCl3N3S. The highest BCUT2D eigenvalue weighted by molar-refractivity contribution is 8.13. The van der Waals surface area contributed by atoms with Gasteiger partial charge in [-0.05, 0) is 77.6 Å². The van der Waals surface area contributed by atoms with Gasteiger partial charge in [0.1, 0.15) is 6.54 Å². The largest absolute Gasteiger partial charge is 1.00 e. The molecule has 3 nitrogen and oxygen atoms in total. The Hall–Kier alpha value is -1.99. The Labute approximate surface area is 319 Å². The molecule has 0 saturated carbocycles. The molecule has 0 N–H and O–H groups in total. The van der Waals surface area contributed by atoms with Gasteiger partial charge in [-0.3, -0.25) is 0 Å². The van der Waals surface area contributed by atoms with Crippen LogP contribution in [0, 0.1) is 41.5 Å². The lowest BCUT2D eigenvalue weighted by atomic mass is 10.1. The minimum absolute atomic E-state index is 0. The number of rotatable bonds is 12. The van der Waals surface area contributed by atoms with Crippen LogP contribution in [0.15, 0.2) is 71.7 Å². The van der Waals surface area contributed by atoms with Crippen molar-refractivity contribution in [3.8, 4) is 0 Å². The van der Waals surface area contributed by atoms with Crippen LogP contribution >= 0.6 is 46.6 Å². The van der Waals surface area contributed by atoms with Gasteiger partial charge in [0, 0.05) is 24.4 Å². The van der Waals surface area contributed by atoms with Crippen molar-refractivity contribution in [2.45, 2.75) is 73.2 Å². The van der Waals surface area contributed by atoms with E-state index in [4.69, 9.17) is 39.8 Å². The van der Waals surface area contributed by atoms with E-state index in [1.165, 1.54) is 50.1 Å². The predicted molar refractivity (Wildman–Crippen MR) is 208 cm³/mol. The summed E-state index contributed by atoms with van der Waals surface area (Å²) in [6.07, 6.45) is 2.14. The molecule has 4 aromatic carbocycles. The first-order valence-electron chi connectivity index (χ1n) is 16.3. The first kappa shape index (κ1) is 40.4. The van der Waals surface area contributed by atoms with Gasteiger partial charge < -0.3 is 26.4 Å². The number of benzene rings is 4. The minimum atomic E-state index is 0. The zero-order chi connectivity index (χ0) is 34.3. The minimum Gasteiger partial charge on any atom is -1.00 e. The number of quaternary nitrogens is 1. The molecule has 0 atom stereocenters. The van der Waals surface area contributed by atoms with Crippen molar-refractivity contribution in [1.82, 2.24) is 4.90 Å². The SMILES string of the molecule is Cc1cc(C)cc(CSC(=Nc2ccc(Cl)c(Cl)c2Cl)N(CCCC[N+](C)(C)Cc2cc(C)cc(C)c2)Cc2cc(C)cc(C)c2)c1.[Br-]. The summed E-state index contributed by atoms with van der Waals surface area (Å²) in [6, 6.07) is 24.0. The molecule has 48 heavy (non-hydrogen) atoms. The third kappa shape index (κ3) is 12.4. The van der Waals surface area contributed by atoms with E-state index >= 15 is 0 Å². The fraction of sp³-hybridized carbons (Fsp3) is 0.375. The molecule has 0 heterocycles. The Balaban J connectivity index is 0.00000625. The van der Waals surface area contributed by atoms with Crippen LogP contribution in [0.2, 0.25) is 15.1 Å². The summed E-state index contributed by atoms with van der Waals surface area (Å²) in [4.78, 5) is 7.61. The average Bonchev–Trinajstić information content (AvgIpc) is 2.95. The van der Waals surface area contributed by atoms with Gasteiger partial charge in [-0.1, -0.05) is 135 Å². The topological polar surface area (TPSA) is 15.6 Å². The van der Waals surface area contributed by atoms with Crippen molar-refractivity contribution in [3.05, 3.63) is 132 Å². The van der Waals surface area contributed by atoms with E-state index in [1.54, 1.807) is 17.8 Å². The maximum absolute atomic E-state index is 6.72. The van der Waals surface area contributed by atoms with Crippen molar-refractivity contribution in [2.24, 2.45) is 4.99 Å². The number of thioether (sulfide) groups is 1. The molecule has 0 amide bonds. The highest BCUT2D eigenvalue weighted by atomic mass is 79.9. The summed E-state index contributed by atoms with van der Waals surface area (Å²) in [5.74, 6) is 0.795. The Morgan fingerprint density at radius 3 is 1.71 bits per heavy atom. The number of amidine groups is 1. The summed E-state index contributed by atoms with van der Waals surface area (Å²) < 4.78 is 0.946. The van der Waals surface area contributed by atoms with Crippen molar-refractivity contribution < 1.29 is 21.5 Å². The van der Waals surface area contributed by atoms with Gasteiger partial charge in [0.2, 0.25) is 0 Å². The van der Waals surface area contributed by atoms with E-state index in [0.717, 1.165) is 54.4 Å². The van der Waals surface area contributed by atoms with Crippen LogP contribution in [-0.2, 0) is 18.8 Å². The zero-order valence-corrected chi connectivity index (χ0v) is 34.2. The second-order valence-electron chi connectivity index (χ2n) is 13.8. The molecule has 8 heteroatoms. The number of halogens is 4. The first-order valence-corrected chi connectivity index (χ1v) is 18.4. The first-order chi connectivity index (χ1) is 22.2. The quantitative estimate of drug-likeness (QED) is 0.0469. The van der Waals surface area contributed by atoms with Gasteiger partial charge in [0.15, 0.2) is 5.17 Å². The second kappa shape index (κ2) is 18.3. The van der Waals surface area contributed by atoms with Gasteiger partial charge in [0.05, 0.1) is 41.4 Å². The highest BCUT2D eigenvalue weighted by Gasteiger charge is 2.20. The smallest absolute Gasteiger partial charge is 0.165 e. The molecule has 4 rings (SSSR count). The Bertz CT molecular complexity index is 1680. The number of hydrogen-bond donors (Lipinski definition) is 0. The maximum Gasteiger partial charge on any atom is 0.165 e. The summed E-state index contributed by atoms with van der Waals surface area (Å²) in [5, 5.41) is 2.06. The molecule has 0 saturated heterocycles.